The van der Waals surface area contributed by atoms with E-state index in [1.165, 1.54) is 17.7 Å². The Kier molecular flexibility index (Phi) is 12.0. The van der Waals surface area contributed by atoms with Gasteiger partial charge in [-0.15, -0.1) is 0 Å². The molecule has 0 radical (unpaired) electrons. The summed E-state index contributed by atoms with van der Waals surface area (Å²) < 4.78 is 24.0. The van der Waals surface area contributed by atoms with Crippen LogP contribution in [0.2, 0.25) is 0 Å². The molecule has 3 rings (SSSR count). The first-order valence-corrected chi connectivity index (χ1v) is 12.5. The summed E-state index contributed by atoms with van der Waals surface area (Å²) in [5.74, 6) is -1.96. The molecule has 0 aliphatic carbocycles. The van der Waals surface area contributed by atoms with Gasteiger partial charge in [0.2, 0.25) is 5.91 Å². The van der Waals surface area contributed by atoms with Crippen LogP contribution in [0.3, 0.4) is 0 Å². The summed E-state index contributed by atoms with van der Waals surface area (Å²) in [6.07, 6.45) is 2.60. The Morgan fingerprint density at radius 2 is 1.50 bits per heavy atom. The molecule has 1 amide bonds. The summed E-state index contributed by atoms with van der Waals surface area (Å²) in [6.45, 7) is 6.90. The molecule has 2 aromatic carbocycles. The van der Waals surface area contributed by atoms with E-state index >= 15 is 0 Å². The van der Waals surface area contributed by atoms with Crippen molar-refractivity contribution >= 4 is 17.8 Å². The fraction of sp³-hybridized carbons (Fsp3) is 0.464. The number of piperidine rings is 1. The minimum atomic E-state index is -1.82. The molecule has 2 aromatic rings. The minimum absolute atomic E-state index is 0.0184. The Morgan fingerprint density at radius 1 is 0.974 bits per heavy atom. The molecular weight excluding hydrogens is 495 g/mol. The third-order valence-electron chi connectivity index (χ3n) is 6.46. The van der Waals surface area contributed by atoms with E-state index in [9.17, 15) is 9.18 Å². The number of carbonyl (C=O) groups is 3. The van der Waals surface area contributed by atoms with Crippen molar-refractivity contribution in [1.82, 2.24) is 10.2 Å². The van der Waals surface area contributed by atoms with E-state index in [0.29, 0.717) is 0 Å². The van der Waals surface area contributed by atoms with E-state index in [1.54, 1.807) is 26.4 Å². The van der Waals surface area contributed by atoms with Gasteiger partial charge < -0.3 is 29.9 Å². The predicted octanol–water partition coefficient (Wildman–Crippen LogP) is 3.77. The Morgan fingerprint density at radius 3 is 1.95 bits per heavy atom. The van der Waals surface area contributed by atoms with Crippen LogP contribution in [0.1, 0.15) is 43.9 Å². The van der Waals surface area contributed by atoms with Gasteiger partial charge in [0, 0.05) is 18.5 Å². The minimum Gasteiger partial charge on any atom is -0.497 e. The third-order valence-corrected chi connectivity index (χ3v) is 6.46. The molecule has 0 bridgehead atoms. The zero-order chi connectivity index (χ0) is 28.2. The average molecular weight is 533 g/mol. The van der Waals surface area contributed by atoms with Gasteiger partial charge in [-0.05, 0) is 73.7 Å². The highest BCUT2D eigenvalue weighted by Crippen LogP contribution is 2.26. The maximum absolute atomic E-state index is 13.3. The second kappa shape index (κ2) is 14.9. The molecular formula is C28H37FN2O7. The lowest BCUT2D eigenvalue weighted by Gasteiger charge is -2.33. The zero-order valence-electron chi connectivity index (χ0n) is 22.3. The van der Waals surface area contributed by atoms with Crippen molar-refractivity contribution in [2.45, 2.75) is 39.2 Å². The summed E-state index contributed by atoms with van der Waals surface area (Å²) in [5.41, 5.74) is 2.13. The second-order valence-electron chi connectivity index (χ2n) is 9.48. The standard InChI is InChI=1S/C26H35FN2O3.C2H2O4/c1-18(2)25(20-5-7-22(27)8-6-20)28-26(30)21-10-13-29(14-11-21)12-9-19-15-23(31-3)17-24(16-19)32-4;3-1(4)2(5)6/h5-8,15-18,21,25H,9-14H2,1-4H3,(H,28,30);(H,3,4)(H,5,6)/t25-;/m1./s1. The number of nitrogens with zero attached hydrogens (tertiary/aromatic N) is 1. The first-order valence-electron chi connectivity index (χ1n) is 12.5. The van der Waals surface area contributed by atoms with Gasteiger partial charge in [0.15, 0.2) is 0 Å². The molecule has 9 nitrogen and oxygen atoms in total. The van der Waals surface area contributed by atoms with Crippen LogP contribution in [0.25, 0.3) is 0 Å². The molecule has 1 atom stereocenters. The maximum atomic E-state index is 13.3. The second-order valence-corrected chi connectivity index (χ2v) is 9.48. The van der Waals surface area contributed by atoms with Crippen molar-refractivity contribution < 1.29 is 38.5 Å². The number of amides is 1. The number of hydrogen-bond donors (Lipinski definition) is 3. The molecule has 1 aliphatic heterocycles. The number of carboxylic acid groups (broad SMARTS) is 2. The van der Waals surface area contributed by atoms with E-state index in [0.717, 1.165) is 56.0 Å². The molecule has 1 aliphatic rings. The molecule has 1 saturated heterocycles. The number of benzene rings is 2. The van der Waals surface area contributed by atoms with Gasteiger partial charge in [0.25, 0.3) is 0 Å². The fourth-order valence-corrected chi connectivity index (χ4v) is 4.29. The van der Waals surface area contributed by atoms with E-state index < -0.39 is 11.9 Å². The topological polar surface area (TPSA) is 125 Å². The molecule has 0 saturated carbocycles. The molecule has 1 fully saturated rings. The Bertz CT molecular complexity index is 1030. The number of rotatable bonds is 9. The largest absolute Gasteiger partial charge is 0.497 e. The highest BCUT2D eigenvalue weighted by molar-refractivity contribution is 6.27. The van der Waals surface area contributed by atoms with Gasteiger partial charge in [0.1, 0.15) is 17.3 Å². The smallest absolute Gasteiger partial charge is 0.414 e. The molecule has 38 heavy (non-hydrogen) atoms. The predicted molar refractivity (Wildman–Crippen MR) is 140 cm³/mol. The Labute approximate surface area is 222 Å². The number of methoxy groups -OCH3 is 2. The van der Waals surface area contributed by atoms with Crippen LogP contribution in [0.15, 0.2) is 42.5 Å². The average Bonchev–Trinajstić information content (AvgIpc) is 2.91. The van der Waals surface area contributed by atoms with E-state index in [2.05, 4.69) is 24.1 Å². The number of aliphatic carboxylic acids is 2. The van der Waals surface area contributed by atoms with Crippen LogP contribution in [-0.2, 0) is 20.8 Å². The Hall–Kier alpha value is -3.66. The van der Waals surface area contributed by atoms with Gasteiger partial charge in [-0.25, -0.2) is 14.0 Å². The first kappa shape index (κ1) is 30.6. The quantitative estimate of drug-likeness (QED) is 0.417. The molecule has 10 heteroatoms. The number of likely N-dealkylation sites (tertiary alicyclic amines) is 1. The number of carboxylic acids is 2. The molecule has 0 aromatic heterocycles. The molecule has 0 spiro atoms. The lowest BCUT2D eigenvalue weighted by molar-refractivity contribution is -0.159. The molecule has 1 heterocycles. The van der Waals surface area contributed by atoms with E-state index in [4.69, 9.17) is 29.3 Å². The zero-order valence-corrected chi connectivity index (χ0v) is 22.3. The monoisotopic (exact) mass is 532 g/mol. The summed E-state index contributed by atoms with van der Waals surface area (Å²) in [7, 11) is 3.32. The summed E-state index contributed by atoms with van der Waals surface area (Å²) in [4.78, 5) is 33.6. The first-order chi connectivity index (χ1) is 18.0. The van der Waals surface area contributed by atoms with Gasteiger partial charge in [-0.1, -0.05) is 26.0 Å². The number of hydrogen-bond acceptors (Lipinski definition) is 6. The maximum Gasteiger partial charge on any atom is 0.414 e. The van der Waals surface area contributed by atoms with Gasteiger partial charge in [0.05, 0.1) is 20.3 Å². The highest BCUT2D eigenvalue weighted by Gasteiger charge is 2.27. The van der Waals surface area contributed by atoms with Crippen molar-refractivity contribution in [3.63, 3.8) is 0 Å². The van der Waals surface area contributed by atoms with Crippen LogP contribution in [0.5, 0.6) is 11.5 Å². The van der Waals surface area contributed by atoms with Crippen LogP contribution in [-0.4, -0.2) is 66.8 Å². The van der Waals surface area contributed by atoms with Crippen molar-refractivity contribution in [1.29, 1.82) is 0 Å². The normalized spacial score (nSPS) is 14.7. The molecule has 0 unspecified atom stereocenters. The highest BCUT2D eigenvalue weighted by atomic mass is 19.1. The van der Waals surface area contributed by atoms with Crippen molar-refractivity contribution in [3.8, 4) is 11.5 Å². The van der Waals surface area contributed by atoms with Gasteiger partial charge in [-0.3, -0.25) is 4.79 Å². The summed E-state index contributed by atoms with van der Waals surface area (Å²) in [6, 6.07) is 12.3. The summed E-state index contributed by atoms with van der Waals surface area (Å²) in [5, 5.41) is 18.0. The van der Waals surface area contributed by atoms with Crippen LogP contribution in [0.4, 0.5) is 4.39 Å². The van der Waals surface area contributed by atoms with E-state index in [1.807, 2.05) is 18.2 Å². The lowest BCUT2D eigenvalue weighted by atomic mass is 9.92. The number of halogens is 1. The van der Waals surface area contributed by atoms with Crippen LogP contribution in [0, 0.1) is 17.7 Å². The fourth-order valence-electron chi connectivity index (χ4n) is 4.29. The van der Waals surface area contributed by atoms with Crippen molar-refractivity contribution in [2.75, 3.05) is 33.9 Å². The lowest BCUT2D eigenvalue weighted by Crippen LogP contribution is -2.42. The Balaban J connectivity index is 0.000000757. The van der Waals surface area contributed by atoms with Gasteiger partial charge in [-0.2, -0.15) is 0 Å². The SMILES string of the molecule is COc1cc(CCN2CCC(C(=O)N[C@@H](c3ccc(F)cc3)C(C)C)CC2)cc(OC)c1.O=C(O)C(=O)O. The van der Waals surface area contributed by atoms with Crippen molar-refractivity contribution in [2.24, 2.45) is 11.8 Å². The number of nitrogens with one attached hydrogen (secondary N) is 1. The van der Waals surface area contributed by atoms with Crippen LogP contribution >= 0.6 is 0 Å². The third kappa shape index (κ3) is 9.66. The summed E-state index contributed by atoms with van der Waals surface area (Å²) >= 11 is 0. The van der Waals surface area contributed by atoms with Crippen molar-refractivity contribution in [3.05, 3.63) is 59.4 Å². The number of carbonyl (C=O) groups excluding carboxylic acids is 1. The molecule has 208 valence electrons. The molecule has 3 N–H and O–H groups in total. The van der Waals surface area contributed by atoms with Gasteiger partial charge >= 0.3 is 11.9 Å². The number of ether oxygens (including phenoxy) is 2. The van der Waals surface area contributed by atoms with E-state index in [-0.39, 0.29) is 29.6 Å². The van der Waals surface area contributed by atoms with Crippen LogP contribution < -0.4 is 14.8 Å².